The maximum absolute atomic E-state index is 3.78. The van der Waals surface area contributed by atoms with Crippen molar-refractivity contribution in [3.63, 3.8) is 0 Å². The van der Waals surface area contributed by atoms with E-state index < -0.39 is 0 Å². The van der Waals surface area contributed by atoms with Crippen LogP contribution in [0.25, 0.3) is 10.1 Å². The fourth-order valence-electron chi connectivity index (χ4n) is 2.22. The van der Waals surface area contributed by atoms with Crippen LogP contribution in [0.4, 0.5) is 0 Å². The van der Waals surface area contributed by atoms with Gasteiger partial charge >= 0.3 is 0 Å². The molecule has 1 aliphatic carbocycles. The minimum absolute atomic E-state index is 0.601. The maximum Gasteiger partial charge on any atom is 0.0492 e. The average molecular weight is 267 g/mol. The highest BCUT2D eigenvalue weighted by atomic mass is 79.9. The predicted octanol–water partition coefficient (Wildman–Crippen LogP) is 4.67. The summed E-state index contributed by atoms with van der Waals surface area (Å²) in [5.74, 6) is 0. The first-order valence-electron chi connectivity index (χ1n) is 5.00. The van der Waals surface area contributed by atoms with Crippen LogP contribution in [-0.2, 0) is 6.42 Å². The van der Waals surface area contributed by atoms with E-state index >= 15 is 0 Å². The fourth-order valence-corrected chi connectivity index (χ4v) is 4.36. The molecule has 2 heteroatoms. The molecule has 1 unspecified atom stereocenters. The summed E-state index contributed by atoms with van der Waals surface area (Å²) in [4.78, 5) is 2.17. The van der Waals surface area contributed by atoms with E-state index in [1.165, 1.54) is 29.3 Å². The quantitative estimate of drug-likeness (QED) is 0.608. The van der Waals surface area contributed by atoms with Gasteiger partial charge in [-0.3, -0.25) is 0 Å². The summed E-state index contributed by atoms with van der Waals surface area (Å²) in [6.07, 6.45) is 3.88. The Bertz CT molecular complexity index is 472. The third-order valence-corrected chi connectivity index (χ3v) is 5.44. The van der Waals surface area contributed by atoms with Gasteiger partial charge in [0, 0.05) is 14.4 Å². The highest BCUT2D eigenvalue weighted by Crippen LogP contribution is 2.44. The highest BCUT2D eigenvalue weighted by molar-refractivity contribution is 9.09. The second kappa shape index (κ2) is 3.35. The van der Waals surface area contributed by atoms with Gasteiger partial charge in [-0.15, -0.1) is 11.3 Å². The van der Waals surface area contributed by atoms with Crippen LogP contribution in [0.15, 0.2) is 24.3 Å². The lowest BCUT2D eigenvalue weighted by Gasteiger charge is -2.16. The van der Waals surface area contributed by atoms with Crippen molar-refractivity contribution in [2.45, 2.75) is 24.1 Å². The third kappa shape index (κ3) is 1.24. The summed E-state index contributed by atoms with van der Waals surface area (Å²) in [5.41, 5.74) is 1.60. The molecule has 72 valence electrons. The average Bonchev–Trinajstić information content (AvgIpc) is 2.59. The number of hydrogen-bond acceptors (Lipinski definition) is 1. The van der Waals surface area contributed by atoms with Gasteiger partial charge in [0.05, 0.1) is 0 Å². The van der Waals surface area contributed by atoms with Crippen LogP contribution in [0.3, 0.4) is 0 Å². The minimum Gasteiger partial charge on any atom is -0.139 e. The Labute approximate surface area is 96.1 Å². The van der Waals surface area contributed by atoms with Gasteiger partial charge in [0.25, 0.3) is 0 Å². The molecule has 0 bridgehead atoms. The van der Waals surface area contributed by atoms with Crippen molar-refractivity contribution in [2.75, 3.05) is 0 Å². The van der Waals surface area contributed by atoms with E-state index in [1.807, 2.05) is 11.3 Å². The zero-order valence-electron chi connectivity index (χ0n) is 7.79. The monoisotopic (exact) mass is 266 g/mol. The predicted molar refractivity (Wildman–Crippen MR) is 66.4 cm³/mol. The van der Waals surface area contributed by atoms with E-state index in [-0.39, 0.29) is 0 Å². The summed E-state index contributed by atoms with van der Waals surface area (Å²) in [7, 11) is 0. The minimum atomic E-state index is 0.601. The Morgan fingerprint density at radius 1 is 1.29 bits per heavy atom. The molecule has 0 nitrogen and oxygen atoms in total. The van der Waals surface area contributed by atoms with E-state index in [0.717, 1.165) is 0 Å². The molecular formula is C12H11BrS. The van der Waals surface area contributed by atoms with Crippen molar-refractivity contribution in [2.24, 2.45) is 0 Å². The smallest absolute Gasteiger partial charge is 0.0492 e. The van der Waals surface area contributed by atoms with Crippen molar-refractivity contribution in [3.05, 3.63) is 34.7 Å². The lowest BCUT2D eigenvalue weighted by Crippen LogP contribution is -2.00. The van der Waals surface area contributed by atoms with Gasteiger partial charge in [0.1, 0.15) is 0 Å². The molecule has 1 atom stereocenters. The summed E-state index contributed by atoms with van der Waals surface area (Å²) in [5, 5.41) is 1.48. The molecule has 1 aromatic carbocycles. The van der Waals surface area contributed by atoms with Crippen molar-refractivity contribution >= 4 is 37.4 Å². The number of alkyl halides is 1. The number of hydrogen-bond donors (Lipinski definition) is 0. The molecule has 0 N–H and O–H groups in total. The maximum atomic E-state index is 3.78. The number of thiophene rings is 1. The first-order valence-corrected chi connectivity index (χ1v) is 6.74. The Morgan fingerprint density at radius 2 is 2.14 bits per heavy atom. The number of fused-ring (bicyclic) bond motifs is 3. The van der Waals surface area contributed by atoms with Crippen molar-refractivity contribution in [1.29, 1.82) is 0 Å². The van der Waals surface area contributed by atoms with E-state index in [9.17, 15) is 0 Å². The molecule has 1 heterocycles. The van der Waals surface area contributed by atoms with E-state index in [2.05, 4.69) is 40.2 Å². The molecule has 0 saturated carbocycles. The van der Waals surface area contributed by atoms with Crippen LogP contribution in [0.5, 0.6) is 0 Å². The largest absolute Gasteiger partial charge is 0.139 e. The Kier molecular flexibility index (Phi) is 2.14. The SMILES string of the molecule is BrC1CCCc2c1sc1ccccc21. The molecule has 1 aromatic heterocycles. The molecule has 0 fully saturated rings. The molecule has 0 radical (unpaired) electrons. The van der Waals surface area contributed by atoms with Gasteiger partial charge in [-0.1, -0.05) is 34.1 Å². The summed E-state index contributed by atoms with van der Waals surface area (Å²) >= 11 is 5.74. The van der Waals surface area contributed by atoms with Gasteiger partial charge in [-0.05, 0) is 36.3 Å². The van der Waals surface area contributed by atoms with Crippen LogP contribution in [0, 0.1) is 0 Å². The lowest BCUT2D eigenvalue weighted by molar-refractivity contribution is 0.695. The molecule has 0 amide bonds. The molecular weight excluding hydrogens is 256 g/mol. The Balaban J connectivity index is 2.32. The fraction of sp³-hybridized carbons (Fsp3) is 0.333. The summed E-state index contributed by atoms with van der Waals surface area (Å²) in [6, 6.07) is 8.77. The zero-order valence-corrected chi connectivity index (χ0v) is 10.2. The van der Waals surface area contributed by atoms with Crippen LogP contribution < -0.4 is 0 Å². The van der Waals surface area contributed by atoms with Gasteiger partial charge < -0.3 is 0 Å². The van der Waals surface area contributed by atoms with E-state index in [0.29, 0.717) is 4.83 Å². The Morgan fingerprint density at radius 3 is 3.07 bits per heavy atom. The lowest BCUT2D eigenvalue weighted by atomic mass is 9.96. The second-order valence-electron chi connectivity index (χ2n) is 3.80. The highest BCUT2D eigenvalue weighted by Gasteiger charge is 2.21. The number of benzene rings is 1. The van der Waals surface area contributed by atoms with Crippen LogP contribution in [0.2, 0.25) is 0 Å². The van der Waals surface area contributed by atoms with Crippen LogP contribution in [-0.4, -0.2) is 0 Å². The second-order valence-corrected chi connectivity index (χ2v) is 5.99. The van der Waals surface area contributed by atoms with E-state index in [1.54, 1.807) is 10.4 Å². The molecule has 0 saturated heterocycles. The van der Waals surface area contributed by atoms with Crippen molar-refractivity contribution < 1.29 is 0 Å². The van der Waals surface area contributed by atoms with Crippen molar-refractivity contribution in [1.82, 2.24) is 0 Å². The zero-order chi connectivity index (χ0) is 9.54. The third-order valence-electron chi connectivity index (χ3n) is 2.90. The van der Waals surface area contributed by atoms with Gasteiger partial charge in [0.2, 0.25) is 0 Å². The normalized spacial score (nSPS) is 21.1. The summed E-state index contributed by atoms with van der Waals surface area (Å²) in [6.45, 7) is 0. The first-order chi connectivity index (χ1) is 6.86. The standard InChI is InChI=1S/C12H11BrS/c13-10-6-3-5-9-8-4-1-2-7-11(8)14-12(9)10/h1-2,4,7,10H,3,5-6H2. The Hall–Kier alpha value is -0.340. The van der Waals surface area contributed by atoms with E-state index in [4.69, 9.17) is 0 Å². The molecule has 0 aliphatic heterocycles. The first kappa shape index (κ1) is 8.93. The molecule has 1 aliphatic rings. The van der Waals surface area contributed by atoms with Crippen LogP contribution >= 0.6 is 27.3 Å². The number of aryl methyl sites for hydroxylation is 1. The topological polar surface area (TPSA) is 0 Å². The molecule has 14 heavy (non-hydrogen) atoms. The van der Waals surface area contributed by atoms with Crippen LogP contribution in [0.1, 0.15) is 28.1 Å². The van der Waals surface area contributed by atoms with Gasteiger partial charge in [-0.25, -0.2) is 0 Å². The molecule has 0 spiro atoms. The molecule has 3 rings (SSSR count). The van der Waals surface area contributed by atoms with Gasteiger partial charge in [-0.2, -0.15) is 0 Å². The van der Waals surface area contributed by atoms with Crippen molar-refractivity contribution in [3.8, 4) is 0 Å². The molecule has 2 aromatic rings. The van der Waals surface area contributed by atoms with Gasteiger partial charge in [0.15, 0.2) is 0 Å². The number of halogens is 1. The summed E-state index contributed by atoms with van der Waals surface area (Å²) < 4.78 is 1.45. The number of rotatable bonds is 0.